The lowest BCUT2D eigenvalue weighted by Gasteiger charge is -2.59. The maximum Gasteiger partial charge on any atom is 0.309 e. The summed E-state index contributed by atoms with van der Waals surface area (Å²) in [6, 6.07) is 0. The van der Waals surface area contributed by atoms with Crippen LogP contribution in [-0.2, 0) is 23.9 Å². The maximum absolute atomic E-state index is 14.3. The van der Waals surface area contributed by atoms with E-state index in [-0.39, 0.29) is 52.0 Å². The largest absolute Gasteiger partial charge is 0.460 e. The molecule has 0 aromatic heterocycles. The molecule has 172 valence electrons. The summed E-state index contributed by atoms with van der Waals surface area (Å²) in [7, 11) is 0. The van der Waals surface area contributed by atoms with Crippen molar-refractivity contribution in [3.8, 4) is 0 Å². The number of hydrogen-bond donors (Lipinski definition) is 0. The number of carbonyl (C=O) groups excluding carboxylic acids is 3. The van der Waals surface area contributed by atoms with E-state index in [1.807, 2.05) is 0 Å². The number of ether oxygens (including phenoxy) is 2. The van der Waals surface area contributed by atoms with Crippen molar-refractivity contribution in [2.45, 2.75) is 77.4 Å². The second kappa shape index (κ2) is 6.65. The van der Waals surface area contributed by atoms with E-state index in [2.05, 4.69) is 32.6 Å². The van der Waals surface area contributed by atoms with E-state index >= 15 is 0 Å². The number of ketones is 2. The summed E-state index contributed by atoms with van der Waals surface area (Å²) in [6.45, 7) is 9.01. The van der Waals surface area contributed by atoms with Crippen LogP contribution in [0.15, 0.2) is 24.3 Å². The molecule has 0 aromatic carbocycles. The van der Waals surface area contributed by atoms with Crippen molar-refractivity contribution in [3.63, 3.8) is 0 Å². The third-order valence-corrected chi connectivity index (χ3v) is 10.1. The fourth-order valence-corrected chi connectivity index (χ4v) is 8.77. The van der Waals surface area contributed by atoms with Crippen molar-refractivity contribution in [1.82, 2.24) is 0 Å². The second-order valence-corrected chi connectivity index (χ2v) is 11.9. The molecule has 1 heterocycles. The van der Waals surface area contributed by atoms with Crippen LogP contribution in [0.4, 0.5) is 0 Å². The molecule has 1 spiro atoms. The van der Waals surface area contributed by atoms with Crippen LogP contribution in [0.2, 0.25) is 0 Å². The Bertz CT molecular complexity index is 940. The Morgan fingerprint density at radius 1 is 1.12 bits per heavy atom. The van der Waals surface area contributed by atoms with Crippen LogP contribution < -0.4 is 0 Å². The van der Waals surface area contributed by atoms with Crippen molar-refractivity contribution < 1.29 is 23.9 Å². The lowest BCUT2D eigenvalue weighted by atomic mass is 9.41. The first-order chi connectivity index (χ1) is 15.2. The van der Waals surface area contributed by atoms with Gasteiger partial charge in [0.05, 0.1) is 12.5 Å². The SMILES string of the molecule is C=C1C(=O)[C@@]23C(=O)[C@@H]4OC[C@]5(C=CCC(C)(C)[C@@H]45)[C@@H]2CC[C@@H]1[C@H]3OC(=O)C1CCCCC1. The number of fused-ring (bicyclic) bond motifs is 1. The van der Waals surface area contributed by atoms with Gasteiger partial charge in [-0.3, -0.25) is 14.4 Å². The third kappa shape index (κ3) is 2.31. The number of esters is 1. The van der Waals surface area contributed by atoms with Crippen LogP contribution in [0.25, 0.3) is 0 Å². The quantitative estimate of drug-likeness (QED) is 0.280. The molecule has 0 radical (unpaired) electrons. The van der Waals surface area contributed by atoms with Gasteiger partial charge in [0.1, 0.15) is 17.6 Å². The lowest BCUT2D eigenvalue weighted by Crippen LogP contribution is -2.68. The summed E-state index contributed by atoms with van der Waals surface area (Å²) in [5.41, 5.74) is -1.28. The van der Waals surface area contributed by atoms with Crippen LogP contribution in [-0.4, -0.2) is 36.4 Å². The molecule has 4 bridgehead atoms. The van der Waals surface area contributed by atoms with E-state index in [0.717, 1.165) is 51.4 Å². The zero-order chi connectivity index (χ0) is 22.5. The smallest absolute Gasteiger partial charge is 0.309 e. The fraction of sp³-hybridized carbons (Fsp3) is 0.741. The van der Waals surface area contributed by atoms with E-state index in [1.165, 1.54) is 0 Å². The Balaban J connectivity index is 1.46. The number of allylic oxidation sites excluding steroid dienone is 1. The summed E-state index contributed by atoms with van der Waals surface area (Å²) in [4.78, 5) is 41.4. The molecule has 0 N–H and O–H groups in total. The Morgan fingerprint density at radius 3 is 2.62 bits per heavy atom. The Labute approximate surface area is 190 Å². The molecule has 5 aliphatic carbocycles. The summed E-state index contributed by atoms with van der Waals surface area (Å²) < 4.78 is 12.5. The molecule has 6 rings (SSSR count). The van der Waals surface area contributed by atoms with Gasteiger partial charge in [-0.05, 0) is 49.0 Å². The van der Waals surface area contributed by atoms with Gasteiger partial charge in [0.2, 0.25) is 0 Å². The van der Waals surface area contributed by atoms with Gasteiger partial charge in [0.15, 0.2) is 11.6 Å². The number of rotatable bonds is 2. The molecular formula is C27H34O5. The Morgan fingerprint density at radius 2 is 1.88 bits per heavy atom. The van der Waals surface area contributed by atoms with E-state index in [0.29, 0.717) is 12.2 Å². The standard InChI is InChI=1S/C27H34O5/c1-15-17-10-11-18-26-13-7-12-25(2,3)20(26)19(31-14-26)22(29)27(18,21(15)28)23(17)32-24(30)16-8-5-4-6-9-16/h7,13,16-20,23H,1,4-6,8-12,14H2,2-3H3/t17-,18-,19+,20+,23+,26+,27+/m0/s1. The van der Waals surface area contributed by atoms with Crippen molar-refractivity contribution in [1.29, 1.82) is 0 Å². The van der Waals surface area contributed by atoms with Crippen molar-refractivity contribution in [3.05, 3.63) is 24.3 Å². The van der Waals surface area contributed by atoms with Crippen molar-refractivity contribution >= 4 is 17.5 Å². The lowest BCUT2D eigenvalue weighted by molar-refractivity contribution is -0.191. The zero-order valence-electron chi connectivity index (χ0n) is 19.2. The van der Waals surface area contributed by atoms with Gasteiger partial charge in [-0.2, -0.15) is 0 Å². The predicted molar refractivity (Wildman–Crippen MR) is 117 cm³/mol. The van der Waals surface area contributed by atoms with Gasteiger partial charge >= 0.3 is 5.97 Å². The van der Waals surface area contributed by atoms with E-state index in [1.54, 1.807) is 0 Å². The Hall–Kier alpha value is -1.75. The first kappa shape index (κ1) is 20.8. The summed E-state index contributed by atoms with van der Waals surface area (Å²) >= 11 is 0. The Kier molecular flexibility index (Phi) is 4.33. The van der Waals surface area contributed by atoms with Gasteiger partial charge in [-0.1, -0.05) is 51.8 Å². The van der Waals surface area contributed by atoms with Gasteiger partial charge in [-0.25, -0.2) is 0 Å². The van der Waals surface area contributed by atoms with E-state index in [4.69, 9.17) is 9.47 Å². The molecule has 0 unspecified atom stereocenters. The van der Waals surface area contributed by atoms with E-state index in [9.17, 15) is 14.4 Å². The first-order valence-corrected chi connectivity index (χ1v) is 12.5. The molecule has 5 heteroatoms. The molecule has 7 atom stereocenters. The highest BCUT2D eigenvalue weighted by molar-refractivity contribution is 6.20. The average Bonchev–Trinajstić information content (AvgIpc) is 3.20. The fourth-order valence-electron chi connectivity index (χ4n) is 8.77. The van der Waals surface area contributed by atoms with E-state index < -0.39 is 17.6 Å². The molecule has 0 aromatic rings. The third-order valence-electron chi connectivity index (χ3n) is 10.1. The minimum atomic E-state index is -1.32. The minimum absolute atomic E-state index is 0.0519. The second-order valence-electron chi connectivity index (χ2n) is 11.9. The highest BCUT2D eigenvalue weighted by Gasteiger charge is 2.80. The molecule has 1 saturated heterocycles. The topological polar surface area (TPSA) is 69.7 Å². The average molecular weight is 439 g/mol. The molecule has 32 heavy (non-hydrogen) atoms. The summed E-state index contributed by atoms with van der Waals surface area (Å²) in [6.07, 6.45) is 10.4. The molecule has 1 aliphatic heterocycles. The monoisotopic (exact) mass is 438 g/mol. The van der Waals surface area contributed by atoms with Crippen molar-refractivity contribution in [2.75, 3.05) is 6.61 Å². The first-order valence-electron chi connectivity index (χ1n) is 12.5. The maximum atomic E-state index is 14.3. The van der Waals surface area contributed by atoms with Crippen LogP contribution >= 0.6 is 0 Å². The molecule has 4 saturated carbocycles. The molecule has 5 nitrogen and oxygen atoms in total. The van der Waals surface area contributed by atoms with Crippen LogP contribution in [0, 0.1) is 39.9 Å². The molecule has 5 fully saturated rings. The van der Waals surface area contributed by atoms with Gasteiger partial charge < -0.3 is 9.47 Å². The van der Waals surface area contributed by atoms with Gasteiger partial charge in [0, 0.05) is 17.3 Å². The predicted octanol–water partition coefficient (Wildman–Crippen LogP) is 4.20. The highest BCUT2D eigenvalue weighted by Crippen LogP contribution is 2.71. The van der Waals surface area contributed by atoms with Gasteiger partial charge in [-0.15, -0.1) is 0 Å². The molecular weight excluding hydrogens is 404 g/mol. The zero-order valence-corrected chi connectivity index (χ0v) is 19.2. The summed E-state index contributed by atoms with van der Waals surface area (Å²) in [5, 5.41) is 0. The molecule has 0 amide bonds. The van der Waals surface area contributed by atoms with Crippen LogP contribution in [0.1, 0.15) is 65.2 Å². The highest BCUT2D eigenvalue weighted by atomic mass is 16.5. The normalized spacial score (nSPS) is 46.7. The number of carbonyl (C=O) groups is 3. The van der Waals surface area contributed by atoms with Gasteiger partial charge in [0.25, 0.3) is 0 Å². The summed E-state index contributed by atoms with van der Waals surface area (Å²) in [5.74, 6) is -1.05. The molecule has 6 aliphatic rings. The number of hydrogen-bond acceptors (Lipinski definition) is 5. The van der Waals surface area contributed by atoms with Crippen molar-refractivity contribution in [2.24, 2.45) is 39.9 Å². The number of Topliss-reactive ketones (excluding diaryl/α,β-unsaturated/α-hetero) is 2. The van der Waals surface area contributed by atoms with Crippen LogP contribution in [0.3, 0.4) is 0 Å². The van der Waals surface area contributed by atoms with Crippen LogP contribution in [0.5, 0.6) is 0 Å². The minimum Gasteiger partial charge on any atom is -0.460 e.